The van der Waals surface area contributed by atoms with Gasteiger partial charge in [0, 0.05) is 18.6 Å². The Morgan fingerprint density at radius 1 is 1.41 bits per heavy atom. The highest BCUT2D eigenvalue weighted by molar-refractivity contribution is 5.81. The number of rotatable bonds is 4. The zero-order valence-electron chi connectivity index (χ0n) is 10.8. The van der Waals surface area contributed by atoms with E-state index in [1.165, 1.54) is 25.8 Å². The largest absolute Gasteiger partial charge is 0.350 e. The fourth-order valence-corrected chi connectivity index (χ4v) is 3.15. The van der Waals surface area contributed by atoms with E-state index in [0.717, 1.165) is 25.8 Å². The Labute approximate surface area is 104 Å². The molecule has 4 nitrogen and oxygen atoms in total. The Morgan fingerprint density at radius 3 is 3.00 bits per heavy atom. The Balaban J connectivity index is 1.84. The van der Waals surface area contributed by atoms with E-state index in [2.05, 4.69) is 17.1 Å². The van der Waals surface area contributed by atoms with Gasteiger partial charge in [0.05, 0.1) is 6.04 Å². The van der Waals surface area contributed by atoms with Crippen molar-refractivity contribution in [3.63, 3.8) is 0 Å². The first kappa shape index (κ1) is 12.8. The van der Waals surface area contributed by atoms with Gasteiger partial charge >= 0.3 is 0 Å². The van der Waals surface area contributed by atoms with E-state index in [1.807, 2.05) is 0 Å². The van der Waals surface area contributed by atoms with Crippen molar-refractivity contribution in [1.82, 2.24) is 10.2 Å². The smallest absolute Gasteiger partial charge is 0.237 e. The maximum absolute atomic E-state index is 11.9. The van der Waals surface area contributed by atoms with Gasteiger partial charge in [-0.3, -0.25) is 9.69 Å². The molecule has 3 N–H and O–H groups in total. The summed E-state index contributed by atoms with van der Waals surface area (Å²) in [4.78, 5) is 14.4. The predicted octanol–water partition coefficient (Wildman–Crippen LogP) is 0.857. The van der Waals surface area contributed by atoms with Gasteiger partial charge in [-0.1, -0.05) is 19.8 Å². The molecule has 2 aliphatic heterocycles. The molecule has 2 fully saturated rings. The molecule has 1 amide bonds. The average Bonchev–Trinajstić information content (AvgIpc) is 2.73. The zero-order valence-corrected chi connectivity index (χ0v) is 10.8. The molecule has 0 saturated carbocycles. The summed E-state index contributed by atoms with van der Waals surface area (Å²) in [5.41, 5.74) is 5.85. The quantitative estimate of drug-likeness (QED) is 0.765. The number of hydrogen-bond acceptors (Lipinski definition) is 3. The number of carbonyl (C=O) groups excluding carboxylic acids is 1. The fourth-order valence-electron chi connectivity index (χ4n) is 3.15. The van der Waals surface area contributed by atoms with Gasteiger partial charge in [-0.2, -0.15) is 0 Å². The summed E-state index contributed by atoms with van der Waals surface area (Å²) >= 11 is 0. The van der Waals surface area contributed by atoms with E-state index in [-0.39, 0.29) is 11.9 Å². The van der Waals surface area contributed by atoms with E-state index in [0.29, 0.717) is 12.1 Å². The molecule has 2 saturated heterocycles. The summed E-state index contributed by atoms with van der Waals surface area (Å²) in [6.07, 6.45) is 6.69. The van der Waals surface area contributed by atoms with E-state index in [9.17, 15) is 4.79 Å². The van der Waals surface area contributed by atoms with Crippen LogP contribution in [0.5, 0.6) is 0 Å². The number of amides is 1. The molecule has 0 radical (unpaired) electrons. The van der Waals surface area contributed by atoms with Crippen LogP contribution in [-0.4, -0.2) is 42.0 Å². The van der Waals surface area contributed by atoms with Crippen LogP contribution in [-0.2, 0) is 4.79 Å². The molecule has 0 aromatic carbocycles. The lowest BCUT2D eigenvalue weighted by Crippen LogP contribution is -2.51. The van der Waals surface area contributed by atoms with Crippen molar-refractivity contribution in [3.8, 4) is 0 Å². The monoisotopic (exact) mass is 239 g/mol. The normalized spacial score (nSPS) is 30.9. The van der Waals surface area contributed by atoms with Crippen LogP contribution < -0.4 is 11.1 Å². The second-order valence-corrected chi connectivity index (χ2v) is 5.40. The highest BCUT2D eigenvalue weighted by Crippen LogP contribution is 2.27. The van der Waals surface area contributed by atoms with Gasteiger partial charge in [0.1, 0.15) is 0 Å². The summed E-state index contributed by atoms with van der Waals surface area (Å²) in [5.74, 6) is 0.0456. The van der Waals surface area contributed by atoms with Gasteiger partial charge in [0.2, 0.25) is 5.91 Å². The second kappa shape index (κ2) is 5.83. The van der Waals surface area contributed by atoms with Crippen LogP contribution in [0.3, 0.4) is 0 Å². The van der Waals surface area contributed by atoms with Gasteiger partial charge in [0.15, 0.2) is 0 Å². The molecular weight excluding hydrogens is 214 g/mol. The van der Waals surface area contributed by atoms with Gasteiger partial charge in [0.25, 0.3) is 0 Å². The second-order valence-electron chi connectivity index (χ2n) is 5.40. The molecule has 2 heterocycles. The number of carbonyl (C=O) groups is 1. The highest BCUT2D eigenvalue weighted by atomic mass is 16.2. The maximum Gasteiger partial charge on any atom is 0.237 e. The molecule has 3 unspecified atom stereocenters. The molecule has 0 aromatic rings. The Morgan fingerprint density at radius 2 is 2.24 bits per heavy atom. The Bertz CT molecular complexity index is 269. The molecule has 2 rings (SSSR count). The maximum atomic E-state index is 11.9. The van der Waals surface area contributed by atoms with Crippen LogP contribution in [0, 0.1) is 0 Å². The summed E-state index contributed by atoms with van der Waals surface area (Å²) in [6.45, 7) is 4.41. The molecule has 0 aliphatic carbocycles. The average molecular weight is 239 g/mol. The zero-order chi connectivity index (χ0) is 12.3. The van der Waals surface area contributed by atoms with Crippen LogP contribution in [0.2, 0.25) is 0 Å². The summed E-state index contributed by atoms with van der Waals surface area (Å²) in [7, 11) is 0. The lowest BCUT2D eigenvalue weighted by Gasteiger charge is -2.32. The lowest BCUT2D eigenvalue weighted by atomic mass is 9.98. The third-order valence-electron chi connectivity index (χ3n) is 4.12. The van der Waals surface area contributed by atoms with Gasteiger partial charge in [-0.15, -0.1) is 0 Å². The van der Waals surface area contributed by atoms with Crippen LogP contribution in [0.4, 0.5) is 0 Å². The van der Waals surface area contributed by atoms with Crippen LogP contribution in [0.1, 0.15) is 45.4 Å². The molecular formula is C13H25N3O. The topological polar surface area (TPSA) is 58.4 Å². The lowest BCUT2D eigenvalue weighted by molar-refractivity contribution is -0.123. The molecule has 17 heavy (non-hydrogen) atoms. The van der Waals surface area contributed by atoms with Crippen molar-refractivity contribution in [2.24, 2.45) is 5.73 Å². The molecule has 0 spiro atoms. The van der Waals surface area contributed by atoms with Gasteiger partial charge in [-0.25, -0.2) is 0 Å². The first-order valence-electron chi connectivity index (χ1n) is 7.02. The van der Waals surface area contributed by atoms with Gasteiger partial charge < -0.3 is 11.1 Å². The van der Waals surface area contributed by atoms with Crippen LogP contribution in [0.15, 0.2) is 0 Å². The first-order valence-corrected chi connectivity index (χ1v) is 7.02. The minimum Gasteiger partial charge on any atom is -0.350 e. The minimum atomic E-state index is -0.322. The molecule has 98 valence electrons. The minimum absolute atomic E-state index is 0.0456. The fraction of sp³-hybridized carbons (Fsp3) is 0.923. The van der Waals surface area contributed by atoms with E-state index in [4.69, 9.17) is 5.73 Å². The summed E-state index contributed by atoms with van der Waals surface area (Å²) in [5, 5.41) is 3.16. The van der Waals surface area contributed by atoms with E-state index < -0.39 is 0 Å². The third-order valence-corrected chi connectivity index (χ3v) is 4.12. The van der Waals surface area contributed by atoms with Crippen molar-refractivity contribution < 1.29 is 4.79 Å². The molecule has 2 aliphatic rings. The number of fused-ring (bicyclic) bond motifs is 1. The van der Waals surface area contributed by atoms with E-state index >= 15 is 0 Å². The molecule has 0 aromatic heterocycles. The van der Waals surface area contributed by atoms with Crippen molar-refractivity contribution >= 4 is 5.91 Å². The Hall–Kier alpha value is -0.610. The number of piperidine rings is 1. The Kier molecular flexibility index (Phi) is 4.40. The summed E-state index contributed by atoms with van der Waals surface area (Å²) < 4.78 is 0. The third kappa shape index (κ3) is 2.99. The molecule has 3 atom stereocenters. The molecule has 4 heteroatoms. The number of nitrogens with one attached hydrogen (secondary N) is 1. The van der Waals surface area contributed by atoms with Crippen LogP contribution >= 0.6 is 0 Å². The van der Waals surface area contributed by atoms with Crippen molar-refractivity contribution in [2.75, 3.05) is 13.1 Å². The SMILES string of the molecule is CCCC(N)C(=O)NC1CCN2CCCCC12. The number of hydrogen-bond donors (Lipinski definition) is 2. The standard InChI is InChI=1S/C13H25N3O/c1-2-5-10(14)13(17)15-11-7-9-16-8-4-3-6-12(11)16/h10-12H,2-9,14H2,1H3,(H,15,17). The predicted molar refractivity (Wildman–Crippen MR) is 68.6 cm³/mol. The highest BCUT2D eigenvalue weighted by Gasteiger charge is 2.36. The molecule has 0 bridgehead atoms. The number of nitrogens with zero attached hydrogens (tertiary/aromatic N) is 1. The van der Waals surface area contributed by atoms with Crippen molar-refractivity contribution in [1.29, 1.82) is 0 Å². The number of nitrogens with two attached hydrogens (primary N) is 1. The van der Waals surface area contributed by atoms with Crippen molar-refractivity contribution in [2.45, 2.75) is 63.6 Å². The van der Waals surface area contributed by atoms with Crippen molar-refractivity contribution in [3.05, 3.63) is 0 Å². The van der Waals surface area contributed by atoms with Crippen LogP contribution in [0.25, 0.3) is 0 Å². The van der Waals surface area contributed by atoms with Gasteiger partial charge in [-0.05, 0) is 32.2 Å². The first-order chi connectivity index (χ1) is 8.22. The summed E-state index contributed by atoms with van der Waals surface area (Å²) in [6, 6.07) is 0.588. The van der Waals surface area contributed by atoms with E-state index in [1.54, 1.807) is 0 Å².